The first-order valence-electron chi connectivity index (χ1n) is 11.9. The quantitative estimate of drug-likeness (QED) is 0.260. The maximum absolute atomic E-state index is 13.8. The van der Waals surface area contributed by atoms with Gasteiger partial charge in [-0.05, 0) is 29.3 Å². The molecular formula is C31H23ClN2O3. The lowest BCUT2D eigenvalue weighted by Gasteiger charge is -2.22. The van der Waals surface area contributed by atoms with E-state index in [1.54, 1.807) is 42.5 Å². The molecule has 1 aromatic heterocycles. The molecule has 1 N–H and O–H groups in total. The number of fused-ring (bicyclic) bond motifs is 1. The van der Waals surface area contributed by atoms with E-state index in [0.29, 0.717) is 21.5 Å². The number of anilines is 1. The molecule has 0 radical (unpaired) electrons. The minimum atomic E-state index is -0.426. The van der Waals surface area contributed by atoms with Crippen LogP contribution in [0, 0.1) is 0 Å². The highest BCUT2D eigenvalue weighted by Crippen LogP contribution is 2.35. The molecule has 0 atom stereocenters. The second-order valence-electron chi connectivity index (χ2n) is 8.68. The number of amides is 2. The maximum Gasteiger partial charge on any atom is 0.238 e. The van der Waals surface area contributed by atoms with E-state index in [1.165, 1.54) is 0 Å². The first-order chi connectivity index (χ1) is 18.0. The summed E-state index contributed by atoms with van der Waals surface area (Å²) in [5.41, 5.74) is 2.93. The molecule has 0 saturated heterocycles. The van der Waals surface area contributed by atoms with Crippen LogP contribution in [0.5, 0.6) is 0 Å². The van der Waals surface area contributed by atoms with Crippen molar-refractivity contribution < 1.29 is 14.4 Å². The van der Waals surface area contributed by atoms with Crippen molar-refractivity contribution in [2.45, 2.75) is 12.8 Å². The highest BCUT2D eigenvalue weighted by atomic mass is 35.5. The molecule has 0 aliphatic rings. The summed E-state index contributed by atoms with van der Waals surface area (Å²) < 4.78 is 0. The number of nitrogens with one attached hydrogen (secondary N) is 1. The molecule has 0 bridgehead atoms. The molecule has 2 amide bonds. The number of hydrogen-bond acceptors (Lipinski definition) is 3. The Bertz CT molecular complexity index is 1530. The van der Waals surface area contributed by atoms with Crippen molar-refractivity contribution in [1.82, 2.24) is 4.98 Å². The van der Waals surface area contributed by atoms with Crippen LogP contribution in [-0.4, -0.2) is 22.6 Å². The van der Waals surface area contributed by atoms with Crippen LogP contribution in [0.25, 0.3) is 10.9 Å². The summed E-state index contributed by atoms with van der Waals surface area (Å²) in [6.45, 7) is 0. The Labute approximate surface area is 219 Å². The van der Waals surface area contributed by atoms with Crippen molar-refractivity contribution in [3.05, 3.63) is 137 Å². The minimum absolute atomic E-state index is 0.000595. The number of nitrogens with zero attached hydrogens (tertiary/aromatic N) is 1. The van der Waals surface area contributed by atoms with Gasteiger partial charge in [-0.3, -0.25) is 14.4 Å². The molecule has 37 heavy (non-hydrogen) atoms. The van der Waals surface area contributed by atoms with Gasteiger partial charge in [-0.15, -0.1) is 0 Å². The number of carbonyl (C=O) groups excluding carboxylic acids is 3. The molecule has 5 aromatic rings. The fourth-order valence-corrected chi connectivity index (χ4v) is 4.55. The van der Waals surface area contributed by atoms with E-state index < -0.39 is 11.8 Å². The highest BCUT2D eigenvalue weighted by molar-refractivity contribution is 6.32. The Morgan fingerprint density at radius 2 is 1.19 bits per heavy atom. The van der Waals surface area contributed by atoms with E-state index in [2.05, 4.69) is 4.98 Å². The van der Waals surface area contributed by atoms with Crippen molar-refractivity contribution in [1.29, 1.82) is 0 Å². The summed E-state index contributed by atoms with van der Waals surface area (Å²) in [6.07, 6.45) is 0.00119. The number of rotatable bonds is 7. The van der Waals surface area contributed by atoms with Crippen LogP contribution < -0.4 is 4.90 Å². The second kappa shape index (κ2) is 10.6. The molecule has 0 spiro atoms. The number of halogens is 1. The zero-order valence-electron chi connectivity index (χ0n) is 19.9. The van der Waals surface area contributed by atoms with Gasteiger partial charge >= 0.3 is 0 Å². The number of benzene rings is 4. The monoisotopic (exact) mass is 506 g/mol. The lowest BCUT2D eigenvalue weighted by atomic mass is 10.0. The van der Waals surface area contributed by atoms with Gasteiger partial charge < -0.3 is 4.98 Å². The van der Waals surface area contributed by atoms with Crippen LogP contribution >= 0.6 is 11.6 Å². The van der Waals surface area contributed by atoms with Gasteiger partial charge in [0.1, 0.15) is 5.69 Å². The normalized spacial score (nSPS) is 10.8. The Hall–Kier alpha value is -4.48. The van der Waals surface area contributed by atoms with Crippen molar-refractivity contribution in [2.75, 3.05) is 4.90 Å². The summed E-state index contributed by atoms with van der Waals surface area (Å²) in [5.74, 6) is -1.18. The average Bonchev–Trinajstić information content (AvgIpc) is 3.28. The third-order valence-corrected chi connectivity index (χ3v) is 6.35. The summed E-state index contributed by atoms with van der Waals surface area (Å²) >= 11 is 6.24. The number of aromatic amines is 1. The summed E-state index contributed by atoms with van der Waals surface area (Å²) in [5, 5.41) is 1.03. The first-order valence-corrected chi connectivity index (χ1v) is 12.2. The third-order valence-electron chi connectivity index (χ3n) is 6.12. The first kappa shape index (κ1) is 24.2. The molecule has 6 heteroatoms. The summed E-state index contributed by atoms with van der Waals surface area (Å²) in [4.78, 5) is 45.6. The number of imide groups is 1. The highest BCUT2D eigenvalue weighted by Gasteiger charge is 2.31. The molecule has 4 aromatic carbocycles. The largest absolute Gasteiger partial charge is 0.350 e. The lowest BCUT2D eigenvalue weighted by molar-refractivity contribution is -0.125. The fraction of sp³-hybridized carbons (Fsp3) is 0.0645. The smallest absolute Gasteiger partial charge is 0.238 e. The van der Waals surface area contributed by atoms with Crippen LogP contribution in [0.1, 0.15) is 27.2 Å². The van der Waals surface area contributed by atoms with E-state index in [-0.39, 0.29) is 30.0 Å². The van der Waals surface area contributed by atoms with E-state index in [0.717, 1.165) is 16.0 Å². The zero-order valence-corrected chi connectivity index (χ0v) is 20.6. The zero-order chi connectivity index (χ0) is 25.8. The van der Waals surface area contributed by atoms with Gasteiger partial charge in [0.2, 0.25) is 17.6 Å². The molecule has 5 nitrogen and oxygen atoms in total. The van der Waals surface area contributed by atoms with Gasteiger partial charge in [-0.1, -0.05) is 103 Å². The number of ketones is 1. The van der Waals surface area contributed by atoms with Gasteiger partial charge in [-0.2, -0.15) is 0 Å². The van der Waals surface area contributed by atoms with Gasteiger partial charge in [0.15, 0.2) is 0 Å². The number of H-pyrrole nitrogens is 1. The van der Waals surface area contributed by atoms with Crippen molar-refractivity contribution >= 4 is 45.8 Å². The number of hydrogen-bond donors (Lipinski definition) is 1. The molecule has 0 saturated carbocycles. The summed E-state index contributed by atoms with van der Waals surface area (Å²) in [7, 11) is 0. The predicted octanol–water partition coefficient (Wildman–Crippen LogP) is 6.40. The molecule has 182 valence electrons. The average molecular weight is 507 g/mol. The van der Waals surface area contributed by atoms with Crippen LogP contribution in [0.15, 0.2) is 109 Å². The predicted molar refractivity (Wildman–Crippen MR) is 146 cm³/mol. The molecule has 0 aliphatic carbocycles. The Morgan fingerprint density at radius 1 is 0.676 bits per heavy atom. The van der Waals surface area contributed by atoms with Crippen LogP contribution in [0.2, 0.25) is 5.02 Å². The minimum Gasteiger partial charge on any atom is -0.350 e. The van der Waals surface area contributed by atoms with E-state index in [1.807, 2.05) is 66.7 Å². The van der Waals surface area contributed by atoms with Gasteiger partial charge in [-0.25, -0.2) is 4.90 Å². The Morgan fingerprint density at radius 3 is 1.73 bits per heavy atom. The fourth-order valence-electron chi connectivity index (χ4n) is 4.37. The standard InChI is InChI=1S/C31H23ClN2O3/c32-24-16-17-25-26(20-24)33-29(31(37)23-14-8-3-9-15-23)30(25)34(27(35)18-21-10-4-1-5-11-21)28(36)19-22-12-6-2-7-13-22/h1-17,20,33H,18-19H2. The topological polar surface area (TPSA) is 70.2 Å². The molecule has 5 rings (SSSR count). The van der Waals surface area contributed by atoms with Crippen LogP contribution in [0.3, 0.4) is 0 Å². The third kappa shape index (κ3) is 5.22. The van der Waals surface area contributed by atoms with Gasteiger partial charge in [0, 0.05) is 21.5 Å². The van der Waals surface area contributed by atoms with Gasteiger partial charge in [0.05, 0.1) is 18.5 Å². The SMILES string of the molecule is O=C(c1ccccc1)c1[nH]c2cc(Cl)ccc2c1N(C(=O)Cc1ccccc1)C(=O)Cc1ccccc1. The number of carbonyl (C=O) groups is 3. The van der Waals surface area contributed by atoms with E-state index >= 15 is 0 Å². The van der Waals surface area contributed by atoms with Crippen molar-refractivity contribution in [3.8, 4) is 0 Å². The van der Waals surface area contributed by atoms with Crippen molar-refractivity contribution in [3.63, 3.8) is 0 Å². The Kier molecular flexibility index (Phi) is 6.97. The lowest BCUT2D eigenvalue weighted by Crippen LogP contribution is -2.40. The molecule has 0 fully saturated rings. The number of aromatic nitrogens is 1. The molecule has 0 aliphatic heterocycles. The van der Waals surface area contributed by atoms with Crippen molar-refractivity contribution in [2.24, 2.45) is 0 Å². The molecule has 1 heterocycles. The molecule has 0 unspecified atom stereocenters. The van der Waals surface area contributed by atoms with Crippen LogP contribution in [-0.2, 0) is 22.4 Å². The van der Waals surface area contributed by atoms with Gasteiger partial charge in [0.25, 0.3) is 0 Å². The molecular weight excluding hydrogens is 484 g/mol. The van der Waals surface area contributed by atoms with E-state index in [4.69, 9.17) is 11.6 Å². The maximum atomic E-state index is 13.8. The van der Waals surface area contributed by atoms with Crippen LogP contribution in [0.4, 0.5) is 5.69 Å². The Balaban J connectivity index is 1.67. The summed E-state index contributed by atoms with van der Waals surface area (Å²) in [6, 6.07) is 32.3. The van der Waals surface area contributed by atoms with E-state index in [9.17, 15) is 14.4 Å². The second-order valence-corrected chi connectivity index (χ2v) is 9.12.